The van der Waals surface area contributed by atoms with Crippen LogP contribution in [0.3, 0.4) is 0 Å². The molecule has 116 valence electrons. The zero-order chi connectivity index (χ0) is 16.0. The summed E-state index contributed by atoms with van der Waals surface area (Å²) in [6.45, 7) is 4.75. The second-order valence-corrected chi connectivity index (χ2v) is 6.22. The van der Waals surface area contributed by atoms with E-state index < -0.39 is 5.91 Å². The summed E-state index contributed by atoms with van der Waals surface area (Å²) in [6.07, 6.45) is 1.95. The number of carbonyl (C=O) groups is 2. The number of hydrogen-bond donors (Lipinski definition) is 3. The number of benzene rings is 1. The summed E-state index contributed by atoms with van der Waals surface area (Å²) in [6, 6.07) is 4.54. The zero-order valence-electron chi connectivity index (χ0n) is 12.4. The van der Waals surface area contributed by atoms with Gasteiger partial charge in [0.25, 0.3) is 0 Å². The van der Waals surface area contributed by atoms with E-state index in [1.165, 1.54) is 18.2 Å². The Hall–Kier alpha value is -1.59. The van der Waals surface area contributed by atoms with Crippen LogP contribution in [0, 0.1) is 5.41 Å². The molecular weight excluding hydrogens is 290 g/mol. The van der Waals surface area contributed by atoms with Gasteiger partial charge in [0.1, 0.15) is 0 Å². The van der Waals surface area contributed by atoms with Gasteiger partial charge in [0.15, 0.2) is 0 Å². The first-order valence-corrected chi connectivity index (χ1v) is 7.22. The molecule has 0 fully saturated rings. The third kappa shape index (κ3) is 5.73. The van der Waals surface area contributed by atoms with Crippen molar-refractivity contribution in [1.29, 1.82) is 0 Å². The molecule has 0 aliphatic rings. The van der Waals surface area contributed by atoms with Gasteiger partial charge in [-0.15, -0.1) is 0 Å². The molecular formula is C15H22ClN3O2. The van der Waals surface area contributed by atoms with Crippen LogP contribution in [0.25, 0.3) is 0 Å². The summed E-state index contributed by atoms with van der Waals surface area (Å²) in [4.78, 5) is 23.1. The fraction of sp³-hybridized carbons (Fsp3) is 0.467. The van der Waals surface area contributed by atoms with Crippen molar-refractivity contribution in [2.45, 2.75) is 33.1 Å². The number of amides is 2. The second kappa shape index (κ2) is 7.43. The number of primary amides is 1. The summed E-state index contributed by atoms with van der Waals surface area (Å²) in [5.74, 6) is -0.713. The van der Waals surface area contributed by atoms with E-state index in [-0.39, 0.29) is 11.3 Å². The van der Waals surface area contributed by atoms with E-state index in [4.69, 9.17) is 23.1 Å². The lowest BCUT2D eigenvalue weighted by Gasteiger charge is -2.23. The van der Waals surface area contributed by atoms with E-state index in [0.717, 1.165) is 12.8 Å². The van der Waals surface area contributed by atoms with Crippen LogP contribution in [0.5, 0.6) is 0 Å². The number of halogens is 1. The van der Waals surface area contributed by atoms with Gasteiger partial charge < -0.3 is 16.8 Å². The minimum atomic E-state index is -0.564. The van der Waals surface area contributed by atoms with E-state index in [0.29, 0.717) is 29.2 Å². The molecule has 21 heavy (non-hydrogen) atoms. The first-order chi connectivity index (χ1) is 9.75. The number of nitrogens with one attached hydrogen (secondary N) is 1. The third-order valence-corrected chi connectivity index (χ3v) is 3.70. The van der Waals surface area contributed by atoms with Crippen molar-refractivity contribution in [2.24, 2.45) is 16.9 Å². The normalized spacial score (nSPS) is 11.2. The summed E-state index contributed by atoms with van der Waals surface area (Å²) in [5, 5.41) is 3.08. The van der Waals surface area contributed by atoms with Gasteiger partial charge in [0.2, 0.25) is 11.8 Å². The predicted molar refractivity (Wildman–Crippen MR) is 85.3 cm³/mol. The van der Waals surface area contributed by atoms with Gasteiger partial charge >= 0.3 is 0 Å². The fourth-order valence-corrected chi connectivity index (χ4v) is 2.12. The summed E-state index contributed by atoms with van der Waals surface area (Å²) in [7, 11) is 0. The molecule has 6 heteroatoms. The van der Waals surface area contributed by atoms with Gasteiger partial charge in [-0.05, 0) is 43.0 Å². The summed E-state index contributed by atoms with van der Waals surface area (Å²) in [5.41, 5.74) is 11.5. The lowest BCUT2D eigenvalue weighted by atomic mass is 9.84. The van der Waals surface area contributed by atoms with Crippen molar-refractivity contribution >= 4 is 29.1 Å². The molecule has 0 aromatic heterocycles. The van der Waals surface area contributed by atoms with Crippen molar-refractivity contribution in [3.8, 4) is 0 Å². The Morgan fingerprint density at radius 2 is 1.95 bits per heavy atom. The quantitative estimate of drug-likeness (QED) is 0.721. The van der Waals surface area contributed by atoms with Gasteiger partial charge in [-0.25, -0.2) is 0 Å². The Bertz CT molecular complexity index is 530. The molecule has 5 N–H and O–H groups in total. The molecule has 0 spiro atoms. The van der Waals surface area contributed by atoms with E-state index in [1.54, 1.807) is 0 Å². The molecule has 0 bridgehead atoms. The molecule has 2 amide bonds. The molecule has 0 radical (unpaired) electrons. The van der Waals surface area contributed by atoms with Crippen LogP contribution >= 0.6 is 11.6 Å². The van der Waals surface area contributed by atoms with Crippen LogP contribution in [0.4, 0.5) is 5.69 Å². The van der Waals surface area contributed by atoms with Crippen LogP contribution in [0.15, 0.2) is 18.2 Å². The highest BCUT2D eigenvalue weighted by Gasteiger charge is 2.18. The van der Waals surface area contributed by atoms with Gasteiger partial charge in [0, 0.05) is 12.0 Å². The maximum absolute atomic E-state index is 12.0. The Kier molecular flexibility index (Phi) is 6.18. The van der Waals surface area contributed by atoms with Crippen LogP contribution in [-0.4, -0.2) is 18.4 Å². The fourth-order valence-electron chi connectivity index (χ4n) is 1.95. The highest BCUT2D eigenvalue weighted by Crippen LogP contribution is 2.27. The Labute approximate surface area is 130 Å². The molecule has 0 saturated carbocycles. The average Bonchev–Trinajstić information content (AvgIpc) is 2.39. The van der Waals surface area contributed by atoms with Crippen molar-refractivity contribution in [3.05, 3.63) is 28.8 Å². The summed E-state index contributed by atoms with van der Waals surface area (Å²) < 4.78 is 0. The average molecular weight is 312 g/mol. The second-order valence-electron chi connectivity index (χ2n) is 5.81. The minimum Gasteiger partial charge on any atom is -0.366 e. The molecule has 1 rings (SSSR count). The molecule has 0 unspecified atom stereocenters. The Balaban J connectivity index is 2.67. The van der Waals surface area contributed by atoms with Crippen molar-refractivity contribution in [3.63, 3.8) is 0 Å². The number of rotatable bonds is 7. The number of carbonyl (C=O) groups excluding carboxylic acids is 2. The van der Waals surface area contributed by atoms with Gasteiger partial charge in [-0.1, -0.05) is 25.4 Å². The molecule has 0 saturated heterocycles. The smallest absolute Gasteiger partial charge is 0.248 e. The van der Waals surface area contributed by atoms with E-state index in [1.807, 2.05) is 0 Å². The van der Waals surface area contributed by atoms with E-state index in [9.17, 15) is 9.59 Å². The summed E-state index contributed by atoms with van der Waals surface area (Å²) >= 11 is 6.00. The SMILES string of the molecule is CC(C)(CCN)CCC(=O)Nc1cc(C(N)=O)ccc1Cl. The van der Waals surface area contributed by atoms with Crippen LogP contribution in [-0.2, 0) is 4.79 Å². The Morgan fingerprint density at radius 3 is 2.52 bits per heavy atom. The monoisotopic (exact) mass is 311 g/mol. The minimum absolute atomic E-state index is 0.0188. The molecule has 0 heterocycles. The van der Waals surface area contributed by atoms with Crippen LogP contribution in [0.1, 0.15) is 43.5 Å². The van der Waals surface area contributed by atoms with Crippen LogP contribution < -0.4 is 16.8 Å². The highest BCUT2D eigenvalue weighted by atomic mass is 35.5. The van der Waals surface area contributed by atoms with Crippen LogP contribution in [0.2, 0.25) is 5.02 Å². The molecule has 1 aromatic rings. The maximum atomic E-state index is 12.0. The maximum Gasteiger partial charge on any atom is 0.248 e. The number of hydrogen-bond acceptors (Lipinski definition) is 3. The van der Waals surface area contributed by atoms with Crippen molar-refractivity contribution < 1.29 is 9.59 Å². The largest absolute Gasteiger partial charge is 0.366 e. The highest BCUT2D eigenvalue weighted by molar-refractivity contribution is 6.33. The van der Waals surface area contributed by atoms with Gasteiger partial charge in [-0.3, -0.25) is 9.59 Å². The first-order valence-electron chi connectivity index (χ1n) is 6.84. The Morgan fingerprint density at radius 1 is 1.29 bits per heavy atom. The lowest BCUT2D eigenvalue weighted by Crippen LogP contribution is -2.21. The predicted octanol–water partition coefficient (Wildman–Crippen LogP) is 2.53. The third-order valence-electron chi connectivity index (χ3n) is 3.37. The molecule has 0 atom stereocenters. The number of nitrogens with two attached hydrogens (primary N) is 2. The van der Waals surface area contributed by atoms with E-state index in [2.05, 4.69) is 19.2 Å². The van der Waals surface area contributed by atoms with E-state index >= 15 is 0 Å². The topological polar surface area (TPSA) is 98.2 Å². The zero-order valence-corrected chi connectivity index (χ0v) is 13.2. The molecule has 5 nitrogen and oxygen atoms in total. The molecule has 1 aromatic carbocycles. The van der Waals surface area contributed by atoms with Crippen molar-refractivity contribution in [2.75, 3.05) is 11.9 Å². The van der Waals surface area contributed by atoms with Gasteiger partial charge in [-0.2, -0.15) is 0 Å². The number of anilines is 1. The molecule has 0 aliphatic carbocycles. The van der Waals surface area contributed by atoms with Crippen molar-refractivity contribution in [1.82, 2.24) is 0 Å². The first kappa shape index (κ1) is 17.5. The van der Waals surface area contributed by atoms with Gasteiger partial charge in [0.05, 0.1) is 10.7 Å². The molecule has 0 aliphatic heterocycles. The lowest BCUT2D eigenvalue weighted by molar-refractivity contribution is -0.116. The standard InChI is InChI=1S/C15H22ClN3O2/c1-15(2,7-8-17)6-5-13(20)19-12-9-10(14(18)21)3-4-11(12)16/h3-4,9H,5-8,17H2,1-2H3,(H2,18,21)(H,19,20).